The molecule has 1 aliphatic rings. The first-order chi connectivity index (χ1) is 14.3. The molecule has 2 heterocycles. The van der Waals surface area contributed by atoms with Gasteiger partial charge < -0.3 is 19.6 Å². The summed E-state index contributed by atoms with van der Waals surface area (Å²) in [6.45, 7) is 3.82. The molecule has 30 heavy (non-hydrogen) atoms. The lowest BCUT2D eigenvalue weighted by Gasteiger charge is -2.25. The molecule has 3 rings (SSSR count). The Hall–Kier alpha value is -2.03. The highest BCUT2D eigenvalue weighted by Gasteiger charge is 2.36. The third kappa shape index (κ3) is 5.56. The van der Waals surface area contributed by atoms with E-state index in [1.165, 1.54) is 17.4 Å². The van der Waals surface area contributed by atoms with Crippen LogP contribution in [0.5, 0.6) is 5.75 Å². The zero-order chi connectivity index (χ0) is 21.7. The van der Waals surface area contributed by atoms with Gasteiger partial charge in [0.2, 0.25) is 5.91 Å². The topological polar surface area (TPSA) is 65.9 Å². The van der Waals surface area contributed by atoms with E-state index in [-0.39, 0.29) is 17.5 Å². The molecule has 0 aliphatic carbocycles. The molecule has 1 aliphatic heterocycles. The number of likely N-dealkylation sites (tertiary alicyclic amines) is 1. The van der Waals surface area contributed by atoms with Crippen LogP contribution in [0.15, 0.2) is 24.3 Å². The number of halogens is 1. The standard InChI is InChI=1S/C22H30FN3O3S/c1-16-19(9-14-29-18-8-5-4-7-17(18)23)30-21(24-16)22(28)10-6-12-26(13-11-22)20(27)15-25(2)3/h4-5,7-8,28H,6,9-15H2,1-3H3/t22-/m1/s1. The Bertz CT molecular complexity index is 873. The van der Waals surface area contributed by atoms with Crippen LogP contribution >= 0.6 is 11.3 Å². The van der Waals surface area contributed by atoms with Gasteiger partial charge in [0.1, 0.15) is 10.6 Å². The van der Waals surface area contributed by atoms with Crippen molar-refractivity contribution >= 4 is 17.2 Å². The van der Waals surface area contributed by atoms with Crippen molar-refractivity contribution in [3.05, 3.63) is 45.7 Å². The van der Waals surface area contributed by atoms with Gasteiger partial charge in [-0.25, -0.2) is 9.37 Å². The molecule has 1 aromatic heterocycles. The Balaban J connectivity index is 1.62. The number of aliphatic hydroxyl groups is 1. The smallest absolute Gasteiger partial charge is 0.236 e. The van der Waals surface area contributed by atoms with Crippen LogP contribution in [0, 0.1) is 12.7 Å². The molecule has 0 saturated carbocycles. The second-order valence-electron chi connectivity index (χ2n) is 8.06. The van der Waals surface area contributed by atoms with E-state index in [1.807, 2.05) is 30.8 Å². The van der Waals surface area contributed by atoms with Crippen molar-refractivity contribution in [2.45, 2.75) is 38.2 Å². The Kier molecular flexibility index (Phi) is 7.44. The van der Waals surface area contributed by atoms with Gasteiger partial charge in [0.05, 0.1) is 18.8 Å². The van der Waals surface area contributed by atoms with Crippen LogP contribution < -0.4 is 4.74 Å². The van der Waals surface area contributed by atoms with Crippen LogP contribution in [0.3, 0.4) is 0 Å². The number of aryl methyl sites for hydroxylation is 1. The van der Waals surface area contributed by atoms with Crippen LogP contribution in [0.4, 0.5) is 4.39 Å². The average molecular weight is 436 g/mol. The normalized spacial score (nSPS) is 19.7. The minimum Gasteiger partial charge on any atom is -0.490 e. The van der Waals surface area contributed by atoms with Crippen molar-refractivity contribution in [2.24, 2.45) is 0 Å². The average Bonchev–Trinajstić information content (AvgIpc) is 2.94. The van der Waals surface area contributed by atoms with Gasteiger partial charge in [0.15, 0.2) is 11.6 Å². The third-order valence-electron chi connectivity index (χ3n) is 5.33. The molecule has 164 valence electrons. The number of amides is 1. The molecule has 0 bridgehead atoms. The van der Waals surface area contributed by atoms with Gasteiger partial charge in [-0.3, -0.25) is 4.79 Å². The van der Waals surface area contributed by atoms with Gasteiger partial charge in [-0.05, 0) is 46.0 Å². The van der Waals surface area contributed by atoms with Gasteiger partial charge in [0, 0.05) is 30.8 Å². The zero-order valence-electron chi connectivity index (χ0n) is 17.9. The number of likely N-dealkylation sites (N-methyl/N-ethyl adjacent to an activating group) is 1. The lowest BCUT2D eigenvalue weighted by molar-refractivity contribution is -0.132. The molecule has 1 aromatic carbocycles. The number of carbonyl (C=O) groups excluding carboxylic acids is 1. The van der Waals surface area contributed by atoms with Crippen molar-refractivity contribution in [2.75, 3.05) is 40.3 Å². The second kappa shape index (κ2) is 9.85. The largest absolute Gasteiger partial charge is 0.490 e. The fourth-order valence-corrected chi connectivity index (χ4v) is 4.82. The van der Waals surface area contributed by atoms with Crippen LogP contribution in [-0.4, -0.2) is 66.1 Å². The fraction of sp³-hybridized carbons (Fsp3) is 0.545. The molecule has 1 saturated heterocycles. The number of thiazole rings is 1. The van der Waals surface area contributed by atoms with Crippen LogP contribution in [0.2, 0.25) is 0 Å². The summed E-state index contributed by atoms with van der Waals surface area (Å²) in [6, 6.07) is 6.35. The van der Waals surface area contributed by atoms with Gasteiger partial charge >= 0.3 is 0 Å². The highest BCUT2D eigenvalue weighted by molar-refractivity contribution is 7.11. The van der Waals surface area contributed by atoms with Crippen molar-refractivity contribution in [3.8, 4) is 5.75 Å². The SMILES string of the molecule is Cc1nc([C@@]2(O)CCCN(C(=O)CN(C)C)CC2)sc1CCOc1ccccc1F. The Labute approximate surface area is 181 Å². The number of rotatable bonds is 7. The Morgan fingerprint density at radius 3 is 2.83 bits per heavy atom. The number of benzene rings is 1. The molecule has 6 nitrogen and oxygen atoms in total. The highest BCUT2D eigenvalue weighted by Crippen LogP contribution is 2.36. The highest BCUT2D eigenvalue weighted by atomic mass is 32.1. The fourth-order valence-electron chi connectivity index (χ4n) is 3.63. The molecular formula is C22H30FN3O3S. The molecule has 2 aromatic rings. The van der Waals surface area contributed by atoms with E-state index in [0.717, 1.165) is 17.0 Å². The first kappa shape index (κ1) is 22.7. The molecule has 1 amide bonds. The van der Waals surface area contributed by atoms with Crippen molar-refractivity contribution in [3.63, 3.8) is 0 Å². The van der Waals surface area contributed by atoms with Crippen molar-refractivity contribution in [1.82, 2.24) is 14.8 Å². The maximum Gasteiger partial charge on any atom is 0.236 e. The summed E-state index contributed by atoms with van der Waals surface area (Å²) in [5.41, 5.74) is -0.155. The lowest BCUT2D eigenvalue weighted by atomic mass is 9.96. The quantitative estimate of drug-likeness (QED) is 0.724. The number of nitrogens with zero attached hydrogens (tertiary/aromatic N) is 3. The molecular weight excluding hydrogens is 405 g/mol. The maximum absolute atomic E-state index is 13.7. The van der Waals surface area contributed by atoms with E-state index in [9.17, 15) is 14.3 Å². The van der Waals surface area contributed by atoms with E-state index in [1.54, 1.807) is 18.2 Å². The number of aromatic nitrogens is 1. The molecule has 0 unspecified atom stereocenters. The van der Waals surface area contributed by atoms with Gasteiger partial charge in [-0.1, -0.05) is 12.1 Å². The predicted octanol–water partition coefficient (Wildman–Crippen LogP) is 2.97. The summed E-state index contributed by atoms with van der Waals surface area (Å²) in [5, 5.41) is 12.0. The summed E-state index contributed by atoms with van der Waals surface area (Å²) >= 11 is 1.49. The minimum atomic E-state index is -1.02. The summed E-state index contributed by atoms with van der Waals surface area (Å²) < 4.78 is 19.3. The van der Waals surface area contributed by atoms with Gasteiger partial charge in [0.25, 0.3) is 0 Å². The summed E-state index contributed by atoms with van der Waals surface area (Å²) in [6.07, 6.45) is 2.39. The van der Waals surface area contributed by atoms with Crippen LogP contribution in [-0.2, 0) is 16.8 Å². The molecule has 0 radical (unpaired) electrons. The van der Waals surface area contributed by atoms with Crippen molar-refractivity contribution in [1.29, 1.82) is 0 Å². The zero-order valence-corrected chi connectivity index (χ0v) is 18.7. The van der Waals surface area contributed by atoms with E-state index in [0.29, 0.717) is 50.5 Å². The summed E-state index contributed by atoms with van der Waals surface area (Å²) in [4.78, 5) is 21.7. The van der Waals surface area contributed by atoms with Crippen LogP contribution in [0.25, 0.3) is 0 Å². The molecule has 8 heteroatoms. The number of ether oxygens (including phenoxy) is 1. The summed E-state index contributed by atoms with van der Waals surface area (Å²) in [7, 11) is 3.75. The first-order valence-electron chi connectivity index (χ1n) is 10.3. The van der Waals surface area contributed by atoms with E-state index in [2.05, 4.69) is 4.98 Å². The number of carbonyl (C=O) groups is 1. The minimum absolute atomic E-state index is 0.0885. The molecule has 1 N–H and O–H groups in total. The molecule has 1 atom stereocenters. The van der Waals surface area contributed by atoms with Gasteiger partial charge in [-0.2, -0.15) is 0 Å². The summed E-state index contributed by atoms with van der Waals surface area (Å²) in [5.74, 6) is -0.0457. The number of hydrogen-bond acceptors (Lipinski definition) is 6. The Morgan fingerprint density at radius 2 is 2.10 bits per heavy atom. The third-order valence-corrected chi connectivity index (χ3v) is 6.74. The Morgan fingerprint density at radius 1 is 1.33 bits per heavy atom. The van der Waals surface area contributed by atoms with Crippen LogP contribution in [0.1, 0.15) is 34.8 Å². The number of para-hydroxylation sites is 1. The van der Waals surface area contributed by atoms with Crippen molar-refractivity contribution < 1.29 is 19.0 Å². The van der Waals surface area contributed by atoms with E-state index >= 15 is 0 Å². The maximum atomic E-state index is 13.7. The molecule has 1 fully saturated rings. The second-order valence-corrected chi connectivity index (χ2v) is 9.14. The monoisotopic (exact) mass is 435 g/mol. The van der Waals surface area contributed by atoms with E-state index < -0.39 is 5.60 Å². The predicted molar refractivity (Wildman–Crippen MR) is 115 cm³/mol. The first-order valence-corrected chi connectivity index (χ1v) is 11.1. The number of hydrogen-bond donors (Lipinski definition) is 1. The lowest BCUT2D eigenvalue weighted by Crippen LogP contribution is -2.39. The van der Waals surface area contributed by atoms with E-state index in [4.69, 9.17) is 4.74 Å². The van der Waals surface area contributed by atoms with Gasteiger partial charge in [-0.15, -0.1) is 11.3 Å². The molecule has 0 spiro atoms.